The smallest absolute Gasteiger partial charge is 0.255 e. The molecule has 0 atom stereocenters. The van der Waals surface area contributed by atoms with Crippen LogP contribution in [0.5, 0.6) is 0 Å². The van der Waals surface area contributed by atoms with Crippen molar-refractivity contribution < 1.29 is 33.0 Å². The molecule has 60 heavy (non-hydrogen) atoms. The molecule has 0 saturated carbocycles. The van der Waals surface area contributed by atoms with Gasteiger partial charge in [0.15, 0.2) is 0 Å². The van der Waals surface area contributed by atoms with Crippen molar-refractivity contribution in [2.24, 2.45) is 0 Å². The third-order valence-electron chi connectivity index (χ3n) is 8.96. The van der Waals surface area contributed by atoms with E-state index in [0.29, 0.717) is 50.8 Å². The first kappa shape index (κ1) is 39.6. The Kier molecular flexibility index (Phi) is 12.2. The minimum absolute atomic E-state index is 0. The second-order valence-corrected chi connectivity index (χ2v) is 13.4. The summed E-state index contributed by atoms with van der Waals surface area (Å²) >= 11 is 0. The summed E-state index contributed by atoms with van der Waals surface area (Å²) in [7, 11) is 0. The molecule has 0 radical (unpaired) electrons. The van der Waals surface area contributed by atoms with Gasteiger partial charge in [0, 0.05) is 71.8 Å². The molecule has 7 aromatic carbocycles. The highest BCUT2D eigenvalue weighted by Crippen LogP contribution is 2.23. The van der Waals surface area contributed by atoms with Gasteiger partial charge in [-0.3, -0.25) is 28.8 Å². The van der Waals surface area contributed by atoms with Crippen molar-refractivity contribution in [2.45, 2.75) is 0 Å². The van der Waals surface area contributed by atoms with Crippen LogP contribution in [-0.2, 0) is 0 Å². The summed E-state index contributed by atoms with van der Waals surface area (Å²) in [6.45, 7) is 0. The van der Waals surface area contributed by atoms with Crippen LogP contribution in [0.3, 0.4) is 0 Å². The van der Waals surface area contributed by atoms with E-state index in [-0.39, 0.29) is 38.7 Å². The number of hydrogen-bond acceptors (Lipinski definition) is 6. The van der Waals surface area contributed by atoms with Crippen molar-refractivity contribution >= 4 is 69.6 Å². The molecule has 0 fully saturated rings. The van der Waals surface area contributed by atoms with E-state index in [0.717, 1.165) is 0 Å². The molecule has 7 rings (SSSR count). The summed E-state index contributed by atoms with van der Waals surface area (Å²) in [5.41, 5.74) is 3.65. The van der Waals surface area contributed by atoms with Crippen LogP contribution in [0.1, 0.15) is 66.4 Å². The molecule has 0 aliphatic rings. The molecule has 0 unspecified atom stereocenters. The maximum absolute atomic E-state index is 13.8. The Morgan fingerprint density at radius 2 is 0.433 bits per heavy atom. The van der Waals surface area contributed by atoms with Crippen LogP contribution in [0.4, 0.5) is 34.1 Å². The van der Waals surface area contributed by atoms with Crippen molar-refractivity contribution in [3.8, 4) is 0 Å². The molecular weight excluding hydrogens is 757 g/mol. The Hall–Kier alpha value is -8.64. The lowest BCUT2D eigenvalue weighted by atomic mass is 10.0. The minimum atomic E-state index is -0.638. The fourth-order valence-electron chi connectivity index (χ4n) is 6.03. The Morgan fingerprint density at radius 3 is 0.650 bits per heavy atom. The summed E-state index contributed by atoms with van der Waals surface area (Å²) in [6.07, 6.45) is 0. The number of benzene rings is 7. The highest BCUT2D eigenvalue weighted by Gasteiger charge is 2.19. The summed E-state index contributed by atoms with van der Waals surface area (Å²) in [5, 5.41) is 16.8. The minimum Gasteiger partial charge on any atom is -0.322 e. The first-order chi connectivity index (χ1) is 29.2. The van der Waals surface area contributed by atoms with Gasteiger partial charge in [-0.15, -0.1) is 0 Å². The number of anilines is 6. The lowest BCUT2D eigenvalue weighted by molar-refractivity contribution is 0.101. The normalized spacial score (nSPS) is 10.4. The van der Waals surface area contributed by atoms with Gasteiger partial charge < -0.3 is 31.9 Å². The zero-order valence-electron chi connectivity index (χ0n) is 31.8. The number of carbonyl (C=O) groups excluding carboxylic acids is 6. The van der Waals surface area contributed by atoms with Crippen LogP contribution in [0.15, 0.2) is 182 Å². The maximum Gasteiger partial charge on any atom is 0.255 e. The van der Waals surface area contributed by atoms with E-state index < -0.39 is 17.7 Å². The van der Waals surface area contributed by atoms with Gasteiger partial charge in [0.05, 0.1) is 0 Å². The first-order valence-electron chi connectivity index (χ1n) is 18.7. The zero-order chi connectivity index (χ0) is 41.8. The molecule has 0 saturated heterocycles. The third-order valence-corrected chi connectivity index (χ3v) is 8.96. The van der Waals surface area contributed by atoms with Gasteiger partial charge in [-0.2, -0.15) is 0 Å². The molecule has 6 amide bonds. The van der Waals surface area contributed by atoms with Crippen molar-refractivity contribution in [3.05, 3.63) is 215 Å². The van der Waals surface area contributed by atoms with Crippen LogP contribution in [0.2, 0.25) is 0 Å². The molecule has 300 valence electrons. The van der Waals surface area contributed by atoms with Gasteiger partial charge in [-0.25, -0.2) is 0 Å². The molecule has 0 spiro atoms. The molecule has 0 bridgehead atoms. The Morgan fingerprint density at radius 1 is 0.233 bits per heavy atom. The molecule has 0 heterocycles. The highest BCUT2D eigenvalue weighted by atomic mass is 16.2. The SMILES string of the molecule is O=C(Nc1cccc(NC(=O)c2cc(C(=O)Nc3cccc(NC(=O)c4ccccc4)c3)cc(C(=O)Nc3cccc(NC(=O)c4ccccc4)c3)c2)c1)c1ccccc1.[HH].[HH].[HH]. The van der Waals surface area contributed by atoms with E-state index in [1.165, 1.54) is 18.2 Å². The van der Waals surface area contributed by atoms with Gasteiger partial charge in [-0.1, -0.05) is 72.8 Å². The summed E-state index contributed by atoms with van der Waals surface area (Å²) < 4.78 is 0. The Bertz CT molecular complexity index is 2430. The van der Waals surface area contributed by atoms with Crippen LogP contribution >= 0.6 is 0 Å². The van der Waals surface area contributed by atoms with Gasteiger partial charge in [0.2, 0.25) is 0 Å². The summed E-state index contributed by atoms with van der Waals surface area (Å²) in [6, 6.07) is 49.7. The second-order valence-electron chi connectivity index (χ2n) is 13.4. The van der Waals surface area contributed by atoms with Crippen LogP contribution in [0, 0.1) is 0 Å². The van der Waals surface area contributed by atoms with Crippen LogP contribution < -0.4 is 31.9 Å². The Balaban J connectivity index is 0.00000290. The molecule has 6 N–H and O–H groups in total. The molecule has 0 aliphatic heterocycles. The number of rotatable bonds is 12. The molecule has 7 aromatic rings. The topological polar surface area (TPSA) is 175 Å². The number of carbonyl (C=O) groups is 6. The van der Waals surface area contributed by atoms with Crippen molar-refractivity contribution in [2.75, 3.05) is 31.9 Å². The van der Waals surface area contributed by atoms with Gasteiger partial charge in [-0.05, 0) is 109 Å². The molecule has 12 nitrogen and oxygen atoms in total. The lowest BCUT2D eigenvalue weighted by Crippen LogP contribution is -2.19. The monoisotopic (exact) mass is 798 g/mol. The number of hydrogen-bond donors (Lipinski definition) is 6. The average Bonchev–Trinajstić information content (AvgIpc) is 3.27. The molecule has 12 heteroatoms. The predicted molar refractivity (Wildman–Crippen MR) is 239 cm³/mol. The van der Waals surface area contributed by atoms with E-state index in [2.05, 4.69) is 31.9 Å². The average molecular weight is 799 g/mol. The standard InChI is InChI=1S/C48H36N6O6.3H2/c55-43(31-13-4-1-5-14-31)49-37-19-10-22-40(28-37)52-46(58)34-25-35(47(59)53-41-23-11-20-38(29-41)50-44(56)32-15-6-2-7-16-32)27-36(26-34)48(60)54-42-24-12-21-39(30-42)51-45(57)33-17-8-3-9-18-33;;;/h1-30H,(H,49,55)(H,50,56)(H,51,57)(H,52,58)(H,53,59)(H,54,60);3*1H. The van der Waals surface area contributed by atoms with Gasteiger partial charge in [0.25, 0.3) is 35.4 Å². The van der Waals surface area contributed by atoms with E-state index in [4.69, 9.17) is 0 Å². The predicted octanol–water partition coefficient (Wildman–Crippen LogP) is 9.94. The fourth-order valence-corrected chi connectivity index (χ4v) is 6.03. The second kappa shape index (κ2) is 18.5. The fraction of sp³-hybridized carbons (Fsp3) is 0. The number of amides is 6. The maximum atomic E-state index is 13.8. The Labute approximate surface area is 349 Å². The number of nitrogens with one attached hydrogen (secondary N) is 6. The lowest BCUT2D eigenvalue weighted by Gasteiger charge is -2.13. The molecule has 0 aromatic heterocycles. The zero-order valence-corrected chi connectivity index (χ0v) is 31.8. The van der Waals surface area contributed by atoms with E-state index in [1.54, 1.807) is 164 Å². The van der Waals surface area contributed by atoms with Crippen molar-refractivity contribution in [1.82, 2.24) is 0 Å². The van der Waals surface area contributed by atoms with Gasteiger partial charge >= 0.3 is 0 Å². The summed E-state index contributed by atoms with van der Waals surface area (Å²) in [4.78, 5) is 79.8. The van der Waals surface area contributed by atoms with Crippen molar-refractivity contribution in [1.29, 1.82) is 0 Å². The summed E-state index contributed by atoms with van der Waals surface area (Å²) in [5.74, 6) is -2.91. The van der Waals surface area contributed by atoms with E-state index >= 15 is 0 Å². The van der Waals surface area contributed by atoms with Crippen LogP contribution in [-0.4, -0.2) is 35.4 Å². The van der Waals surface area contributed by atoms with E-state index in [1.807, 2.05) is 0 Å². The first-order valence-corrected chi connectivity index (χ1v) is 18.7. The quantitative estimate of drug-likeness (QED) is 0.0717. The molecule has 0 aliphatic carbocycles. The van der Waals surface area contributed by atoms with Crippen molar-refractivity contribution in [3.63, 3.8) is 0 Å². The van der Waals surface area contributed by atoms with Gasteiger partial charge in [0.1, 0.15) is 0 Å². The molecular formula is C48H42N6O6. The van der Waals surface area contributed by atoms with E-state index in [9.17, 15) is 28.8 Å². The third kappa shape index (κ3) is 10.4. The van der Waals surface area contributed by atoms with Crippen LogP contribution in [0.25, 0.3) is 0 Å². The highest BCUT2D eigenvalue weighted by molar-refractivity contribution is 6.14. The largest absolute Gasteiger partial charge is 0.322 e.